The number of halogens is 2. The number of hydrogen-bond acceptors (Lipinski definition) is 4. The zero-order chi connectivity index (χ0) is 17.7. The van der Waals surface area contributed by atoms with Crippen molar-refractivity contribution < 1.29 is 14.3 Å². The second-order valence-corrected chi connectivity index (χ2v) is 6.04. The lowest BCUT2D eigenvalue weighted by atomic mass is 10.2. The standard InChI is InChI=1S/C16H19Cl2N3O3/c1-3-15(22)20-4-6-21(7-5-20)16(23)10-19-13-9-14(24-2)12(18)8-11(13)17/h3,8-9,19H,1,4-7,10H2,2H3. The van der Waals surface area contributed by atoms with Gasteiger partial charge in [0.1, 0.15) is 5.75 Å². The first kappa shape index (κ1) is 18.4. The van der Waals surface area contributed by atoms with Crippen molar-refractivity contribution in [2.24, 2.45) is 0 Å². The molecule has 0 spiro atoms. The lowest BCUT2D eigenvalue weighted by molar-refractivity contribution is -0.135. The predicted octanol–water partition coefficient (Wildman–Crippen LogP) is 2.27. The lowest BCUT2D eigenvalue weighted by Gasteiger charge is -2.34. The van der Waals surface area contributed by atoms with E-state index in [-0.39, 0.29) is 18.4 Å². The second kappa shape index (κ2) is 8.26. The van der Waals surface area contributed by atoms with Crippen molar-refractivity contribution >= 4 is 40.7 Å². The van der Waals surface area contributed by atoms with Gasteiger partial charge in [0.2, 0.25) is 11.8 Å². The Balaban J connectivity index is 1.90. The number of nitrogens with one attached hydrogen (secondary N) is 1. The SMILES string of the molecule is C=CC(=O)N1CCN(C(=O)CNc2cc(OC)c(Cl)cc2Cl)CC1. The van der Waals surface area contributed by atoms with Crippen molar-refractivity contribution in [3.8, 4) is 5.75 Å². The first-order valence-electron chi connectivity index (χ1n) is 7.42. The summed E-state index contributed by atoms with van der Waals surface area (Å²) < 4.78 is 5.14. The molecule has 2 amide bonds. The Morgan fingerprint density at radius 3 is 2.42 bits per heavy atom. The monoisotopic (exact) mass is 371 g/mol. The number of carbonyl (C=O) groups is 2. The minimum absolute atomic E-state index is 0.0642. The summed E-state index contributed by atoms with van der Waals surface area (Å²) in [7, 11) is 1.51. The van der Waals surface area contributed by atoms with Crippen LogP contribution in [-0.4, -0.2) is 61.4 Å². The Hall–Kier alpha value is -1.92. The number of anilines is 1. The van der Waals surface area contributed by atoms with E-state index in [2.05, 4.69) is 11.9 Å². The number of nitrogens with zero attached hydrogens (tertiary/aromatic N) is 2. The molecule has 6 nitrogen and oxygen atoms in total. The minimum atomic E-state index is -0.111. The summed E-state index contributed by atoms with van der Waals surface area (Å²) in [5.41, 5.74) is 0.576. The molecule has 0 bridgehead atoms. The van der Waals surface area contributed by atoms with E-state index in [4.69, 9.17) is 27.9 Å². The van der Waals surface area contributed by atoms with Gasteiger partial charge >= 0.3 is 0 Å². The van der Waals surface area contributed by atoms with Crippen molar-refractivity contribution in [2.75, 3.05) is 45.2 Å². The van der Waals surface area contributed by atoms with Crippen molar-refractivity contribution in [1.29, 1.82) is 0 Å². The Morgan fingerprint density at radius 2 is 1.83 bits per heavy atom. The van der Waals surface area contributed by atoms with Gasteiger partial charge in [0.15, 0.2) is 0 Å². The van der Waals surface area contributed by atoms with Crippen molar-refractivity contribution in [3.63, 3.8) is 0 Å². The number of benzene rings is 1. The molecule has 0 saturated carbocycles. The molecule has 0 aromatic heterocycles. The summed E-state index contributed by atoms with van der Waals surface area (Å²) in [6.45, 7) is 5.57. The highest BCUT2D eigenvalue weighted by atomic mass is 35.5. The first-order valence-corrected chi connectivity index (χ1v) is 8.18. The highest BCUT2D eigenvalue weighted by molar-refractivity contribution is 6.37. The summed E-state index contributed by atoms with van der Waals surface area (Å²) in [6, 6.07) is 3.22. The summed E-state index contributed by atoms with van der Waals surface area (Å²) in [5.74, 6) is 0.304. The van der Waals surface area contributed by atoms with Gasteiger partial charge in [0.05, 0.1) is 29.4 Å². The molecule has 1 aliphatic heterocycles. The summed E-state index contributed by atoms with van der Waals surface area (Å²) >= 11 is 12.1. The number of methoxy groups -OCH3 is 1. The largest absolute Gasteiger partial charge is 0.495 e. The number of rotatable bonds is 5. The molecule has 0 radical (unpaired) electrons. The molecule has 130 valence electrons. The molecule has 1 N–H and O–H groups in total. The molecule has 1 aromatic carbocycles. The number of hydrogen-bond donors (Lipinski definition) is 1. The molecule has 24 heavy (non-hydrogen) atoms. The molecule has 0 aliphatic carbocycles. The molecular formula is C16H19Cl2N3O3. The van der Waals surface area contributed by atoms with Crippen molar-refractivity contribution in [1.82, 2.24) is 9.80 Å². The Labute approximate surface area is 150 Å². The third kappa shape index (κ3) is 4.33. The maximum atomic E-state index is 12.3. The molecule has 0 unspecified atom stereocenters. The molecular weight excluding hydrogens is 353 g/mol. The Bertz CT molecular complexity index is 644. The van der Waals surface area contributed by atoms with Crippen LogP contribution in [0.3, 0.4) is 0 Å². The molecule has 1 heterocycles. The van der Waals surface area contributed by atoms with Crippen LogP contribution in [0.15, 0.2) is 24.8 Å². The fourth-order valence-electron chi connectivity index (χ4n) is 2.41. The van der Waals surface area contributed by atoms with Crippen LogP contribution in [0.2, 0.25) is 10.0 Å². The van der Waals surface area contributed by atoms with Gasteiger partial charge in [0.25, 0.3) is 0 Å². The van der Waals surface area contributed by atoms with E-state index in [1.807, 2.05) is 0 Å². The molecule has 1 aromatic rings. The average Bonchev–Trinajstić information content (AvgIpc) is 2.60. The Kier molecular flexibility index (Phi) is 6.34. The van der Waals surface area contributed by atoms with Gasteiger partial charge in [0, 0.05) is 32.2 Å². The average molecular weight is 372 g/mol. The maximum Gasteiger partial charge on any atom is 0.246 e. The van der Waals surface area contributed by atoms with E-state index in [9.17, 15) is 9.59 Å². The third-order valence-electron chi connectivity index (χ3n) is 3.79. The van der Waals surface area contributed by atoms with E-state index in [0.29, 0.717) is 47.7 Å². The number of carbonyl (C=O) groups excluding carboxylic acids is 2. The first-order chi connectivity index (χ1) is 11.5. The topological polar surface area (TPSA) is 61.9 Å². The quantitative estimate of drug-likeness (QED) is 0.806. The predicted molar refractivity (Wildman–Crippen MR) is 94.9 cm³/mol. The van der Waals surface area contributed by atoms with Gasteiger partial charge in [-0.15, -0.1) is 0 Å². The van der Waals surface area contributed by atoms with Crippen molar-refractivity contribution in [3.05, 3.63) is 34.8 Å². The smallest absolute Gasteiger partial charge is 0.246 e. The minimum Gasteiger partial charge on any atom is -0.495 e. The summed E-state index contributed by atoms with van der Waals surface area (Å²) in [4.78, 5) is 27.2. The zero-order valence-electron chi connectivity index (χ0n) is 13.3. The van der Waals surface area contributed by atoms with E-state index >= 15 is 0 Å². The van der Waals surface area contributed by atoms with Gasteiger partial charge in [-0.2, -0.15) is 0 Å². The van der Waals surface area contributed by atoms with Crippen LogP contribution >= 0.6 is 23.2 Å². The normalized spacial score (nSPS) is 14.3. The van der Waals surface area contributed by atoms with Gasteiger partial charge in [-0.25, -0.2) is 0 Å². The lowest BCUT2D eigenvalue weighted by Crippen LogP contribution is -2.51. The van der Waals surface area contributed by atoms with Crippen molar-refractivity contribution in [2.45, 2.75) is 0 Å². The summed E-state index contributed by atoms with van der Waals surface area (Å²) in [5, 5.41) is 3.82. The van der Waals surface area contributed by atoms with Gasteiger partial charge in [-0.1, -0.05) is 29.8 Å². The molecule has 1 saturated heterocycles. The Morgan fingerprint density at radius 1 is 1.21 bits per heavy atom. The molecule has 2 rings (SSSR count). The van der Waals surface area contributed by atoms with Crippen LogP contribution in [0.5, 0.6) is 5.75 Å². The summed E-state index contributed by atoms with van der Waals surface area (Å²) in [6.07, 6.45) is 1.29. The third-order valence-corrected chi connectivity index (χ3v) is 4.40. The van der Waals surface area contributed by atoms with Crippen LogP contribution < -0.4 is 10.1 Å². The highest BCUT2D eigenvalue weighted by Crippen LogP contribution is 2.33. The maximum absolute atomic E-state index is 12.3. The highest BCUT2D eigenvalue weighted by Gasteiger charge is 2.22. The number of ether oxygens (including phenoxy) is 1. The molecule has 8 heteroatoms. The van der Waals surface area contributed by atoms with E-state index < -0.39 is 0 Å². The van der Waals surface area contributed by atoms with E-state index in [0.717, 1.165) is 0 Å². The van der Waals surface area contributed by atoms with Gasteiger partial charge in [-0.3, -0.25) is 9.59 Å². The van der Waals surface area contributed by atoms with Crippen LogP contribution in [0.1, 0.15) is 0 Å². The van der Waals surface area contributed by atoms with Crippen LogP contribution in [0.4, 0.5) is 5.69 Å². The van der Waals surface area contributed by atoms with Gasteiger partial charge in [-0.05, 0) is 12.1 Å². The van der Waals surface area contributed by atoms with Gasteiger partial charge < -0.3 is 19.9 Å². The number of amides is 2. The zero-order valence-corrected chi connectivity index (χ0v) is 14.9. The van der Waals surface area contributed by atoms with Crippen LogP contribution in [0.25, 0.3) is 0 Å². The van der Waals surface area contributed by atoms with E-state index in [1.165, 1.54) is 13.2 Å². The van der Waals surface area contributed by atoms with Crippen LogP contribution in [-0.2, 0) is 9.59 Å². The van der Waals surface area contributed by atoms with E-state index in [1.54, 1.807) is 21.9 Å². The molecule has 1 fully saturated rings. The molecule has 1 aliphatic rings. The second-order valence-electron chi connectivity index (χ2n) is 5.23. The fraction of sp³-hybridized carbons (Fsp3) is 0.375. The molecule has 0 atom stereocenters. The fourth-order valence-corrected chi connectivity index (χ4v) is 2.94. The number of piperazine rings is 1. The van der Waals surface area contributed by atoms with Crippen LogP contribution in [0, 0.1) is 0 Å².